The quantitative estimate of drug-likeness (QED) is 0.745. The van der Waals surface area contributed by atoms with Gasteiger partial charge in [0.1, 0.15) is 11.6 Å². The molecule has 0 spiro atoms. The number of hydrogen-bond donors (Lipinski definition) is 0. The first-order valence-electron chi connectivity index (χ1n) is 6.87. The van der Waals surface area contributed by atoms with E-state index in [2.05, 4.69) is 22.4 Å². The number of halogens is 2. The summed E-state index contributed by atoms with van der Waals surface area (Å²) in [6.45, 7) is 4.07. The topological polar surface area (TPSA) is 43.6 Å². The zero-order valence-corrected chi connectivity index (χ0v) is 12.4. The number of benzene rings is 2. The fraction of sp³-hybridized carbons (Fsp3) is 0.0588. The van der Waals surface area contributed by atoms with Crippen LogP contribution in [0.2, 0.25) is 0 Å². The van der Waals surface area contributed by atoms with Crippen LogP contribution in [0.5, 0.6) is 0 Å². The number of rotatable bonds is 3. The Labute approximate surface area is 132 Å². The Bertz CT molecular complexity index is 802. The van der Waals surface area contributed by atoms with Crippen LogP contribution in [0.4, 0.5) is 8.78 Å². The monoisotopic (exact) mass is 311 g/mol. The highest BCUT2D eigenvalue weighted by atomic mass is 19.1. The smallest absolute Gasteiger partial charge is 0.178 e. The molecule has 1 aromatic heterocycles. The lowest BCUT2D eigenvalue weighted by atomic mass is 9.93. The van der Waals surface area contributed by atoms with Crippen molar-refractivity contribution in [2.45, 2.75) is 0 Å². The van der Waals surface area contributed by atoms with Gasteiger partial charge in [0.2, 0.25) is 0 Å². The maximum Gasteiger partial charge on any atom is 0.178 e. The Morgan fingerprint density at radius 3 is 1.78 bits per heavy atom. The SMILES string of the molecule is [CH2]C(=C(c1ccc(F)cc1)c1ccc(F)cc1)c1nnnn1C. The maximum atomic E-state index is 13.2. The number of nitrogens with zero attached hydrogens (tertiary/aromatic N) is 4. The fourth-order valence-corrected chi connectivity index (χ4v) is 2.35. The minimum absolute atomic E-state index is 0.335. The van der Waals surface area contributed by atoms with Gasteiger partial charge in [0.25, 0.3) is 0 Å². The van der Waals surface area contributed by atoms with Crippen molar-refractivity contribution >= 4 is 11.1 Å². The Morgan fingerprint density at radius 2 is 1.39 bits per heavy atom. The average molecular weight is 311 g/mol. The zero-order chi connectivity index (χ0) is 16.4. The van der Waals surface area contributed by atoms with Crippen molar-refractivity contribution in [2.75, 3.05) is 0 Å². The highest BCUT2D eigenvalue weighted by molar-refractivity contribution is 5.98. The summed E-state index contributed by atoms with van der Waals surface area (Å²) in [5, 5.41) is 11.4. The maximum absolute atomic E-state index is 13.2. The van der Waals surface area contributed by atoms with Crippen molar-refractivity contribution in [3.05, 3.63) is 84.0 Å². The van der Waals surface area contributed by atoms with E-state index in [1.54, 1.807) is 31.3 Å². The van der Waals surface area contributed by atoms with Crippen LogP contribution < -0.4 is 0 Å². The molecule has 1 radical (unpaired) electrons. The molecular formula is C17H13F2N4. The second-order valence-electron chi connectivity index (χ2n) is 4.99. The van der Waals surface area contributed by atoms with Gasteiger partial charge in [-0.25, -0.2) is 13.5 Å². The predicted octanol–water partition coefficient (Wildman–Crippen LogP) is 3.28. The van der Waals surface area contributed by atoms with E-state index in [0.717, 1.165) is 11.1 Å². The van der Waals surface area contributed by atoms with E-state index in [4.69, 9.17) is 0 Å². The molecule has 0 atom stereocenters. The van der Waals surface area contributed by atoms with Crippen LogP contribution in [-0.4, -0.2) is 20.2 Å². The molecule has 2 aromatic carbocycles. The zero-order valence-electron chi connectivity index (χ0n) is 12.4. The van der Waals surface area contributed by atoms with Crippen molar-refractivity contribution in [3.63, 3.8) is 0 Å². The van der Waals surface area contributed by atoms with E-state index < -0.39 is 0 Å². The van der Waals surface area contributed by atoms with E-state index >= 15 is 0 Å². The molecule has 0 aliphatic carbocycles. The van der Waals surface area contributed by atoms with Crippen LogP contribution in [0.15, 0.2) is 48.5 Å². The molecule has 0 saturated heterocycles. The number of tetrazole rings is 1. The van der Waals surface area contributed by atoms with Gasteiger partial charge >= 0.3 is 0 Å². The lowest BCUT2D eigenvalue weighted by Crippen LogP contribution is -2.01. The van der Waals surface area contributed by atoms with Crippen LogP contribution in [0.3, 0.4) is 0 Å². The molecular weight excluding hydrogens is 298 g/mol. The van der Waals surface area contributed by atoms with Gasteiger partial charge in [0, 0.05) is 12.6 Å². The molecule has 3 rings (SSSR count). The number of aromatic nitrogens is 4. The summed E-state index contributed by atoms with van der Waals surface area (Å²) in [5.41, 5.74) is 2.76. The van der Waals surface area contributed by atoms with E-state index in [1.807, 2.05) is 0 Å². The largest absolute Gasteiger partial charge is 0.229 e. The molecule has 6 heteroatoms. The molecule has 0 saturated carbocycles. The first kappa shape index (κ1) is 15.0. The van der Waals surface area contributed by atoms with E-state index in [-0.39, 0.29) is 11.6 Å². The molecule has 115 valence electrons. The van der Waals surface area contributed by atoms with E-state index in [9.17, 15) is 8.78 Å². The van der Waals surface area contributed by atoms with Crippen molar-refractivity contribution in [1.29, 1.82) is 0 Å². The summed E-state index contributed by atoms with van der Waals surface area (Å²) >= 11 is 0. The van der Waals surface area contributed by atoms with Crippen molar-refractivity contribution < 1.29 is 8.78 Å². The standard InChI is InChI=1S/C17H13F2N4/c1-11(17-20-21-22-23(17)2)16(12-3-7-14(18)8-4-12)13-5-9-15(19)10-6-13/h3-10H,1H2,2H3. The summed E-state index contributed by atoms with van der Waals surface area (Å²) in [6, 6.07) is 12.0. The molecule has 0 aliphatic heterocycles. The molecule has 0 aliphatic rings. The van der Waals surface area contributed by atoms with Crippen molar-refractivity contribution in [1.82, 2.24) is 20.2 Å². The van der Waals surface area contributed by atoms with Crippen LogP contribution in [0.1, 0.15) is 17.0 Å². The number of aryl methyl sites for hydroxylation is 1. The summed E-state index contributed by atoms with van der Waals surface area (Å²) in [7, 11) is 1.70. The first-order valence-corrected chi connectivity index (χ1v) is 6.87. The first-order chi connectivity index (χ1) is 11.1. The normalized spacial score (nSPS) is 10.6. The van der Waals surface area contributed by atoms with Gasteiger partial charge in [0.15, 0.2) is 5.82 Å². The van der Waals surface area contributed by atoms with Crippen LogP contribution in [0.25, 0.3) is 11.1 Å². The van der Waals surface area contributed by atoms with E-state index in [0.29, 0.717) is 17.0 Å². The van der Waals surface area contributed by atoms with Gasteiger partial charge in [-0.2, -0.15) is 0 Å². The highest BCUT2D eigenvalue weighted by Crippen LogP contribution is 2.31. The van der Waals surface area contributed by atoms with Gasteiger partial charge < -0.3 is 0 Å². The Kier molecular flexibility index (Phi) is 3.97. The fourth-order valence-electron chi connectivity index (χ4n) is 2.35. The summed E-state index contributed by atoms with van der Waals surface area (Å²) in [6.07, 6.45) is 0. The molecule has 23 heavy (non-hydrogen) atoms. The molecule has 0 amide bonds. The molecule has 3 aromatic rings. The summed E-state index contributed by atoms with van der Waals surface area (Å²) in [4.78, 5) is 0. The summed E-state index contributed by atoms with van der Waals surface area (Å²) in [5.74, 6) is -0.190. The lowest BCUT2D eigenvalue weighted by molar-refractivity contribution is 0.627. The minimum atomic E-state index is -0.335. The lowest BCUT2D eigenvalue weighted by Gasteiger charge is -2.13. The van der Waals surface area contributed by atoms with Crippen molar-refractivity contribution in [2.24, 2.45) is 7.05 Å². The van der Waals surface area contributed by atoms with Gasteiger partial charge in [0.05, 0.1) is 0 Å². The molecule has 0 bridgehead atoms. The van der Waals surface area contributed by atoms with Crippen LogP contribution in [-0.2, 0) is 7.05 Å². The molecule has 4 nitrogen and oxygen atoms in total. The number of allylic oxidation sites excluding steroid dienone is 1. The third kappa shape index (κ3) is 3.01. The molecule has 1 heterocycles. The third-order valence-electron chi connectivity index (χ3n) is 3.46. The number of hydrogen-bond acceptors (Lipinski definition) is 3. The summed E-state index contributed by atoms with van der Waals surface area (Å²) < 4.78 is 27.9. The van der Waals surface area contributed by atoms with Gasteiger partial charge in [-0.05, 0) is 58.3 Å². The Balaban J connectivity index is 2.23. The predicted molar refractivity (Wildman–Crippen MR) is 82.9 cm³/mol. The minimum Gasteiger partial charge on any atom is -0.229 e. The van der Waals surface area contributed by atoms with Gasteiger partial charge in [-0.15, -0.1) is 5.10 Å². The van der Waals surface area contributed by atoms with Gasteiger partial charge in [-0.3, -0.25) is 0 Å². The average Bonchev–Trinajstić information content (AvgIpc) is 2.97. The molecule has 0 N–H and O–H groups in total. The molecule has 0 unspecified atom stereocenters. The third-order valence-corrected chi connectivity index (χ3v) is 3.46. The van der Waals surface area contributed by atoms with Gasteiger partial charge in [-0.1, -0.05) is 24.3 Å². The molecule has 0 fully saturated rings. The van der Waals surface area contributed by atoms with Crippen molar-refractivity contribution in [3.8, 4) is 0 Å². The van der Waals surface area contributed by atoms with Crippen LogP contribution >= 0.6 is 0 Å². The van der Waals surface area contributed by atoms with E-state index in [1.165, 1.54) is 28.9 Å². The second-order valence-corrected chi connectivity index (χ2v) is 4.99. The Hall–Kier alpha value is -2.89. The Morgan fingerprint density at radius 1 is 0.913 bits per heavy atom. The highest BCUT2D eigenvalue weighted by Gasteiger charge is 2.15. The second kappa shape index (κ2) is 6.08. The van der Waals surface area contributed by atoms with Crippen LogP contribution in [0, 0.1) is 18.6 Å².